The van der Waals surface area contributed by atoms with Crippen molar-refractivity contribution in [1.29, 1.82) is 0 Å². The van der Waals surface area contributed by atoms with Crippen LogP contribution in [0.25, 0.3) is 0 Å². The molecule has 2 aromatic rings. The van der Waals surface area contributed by atoms with E-state index in [0.717, 1.165) is 5.25 Å². The summed E-state index contributed by atoms with van der Waals surface area (Å²) in [5, 5.41) is 5.14. The number of fused-ring (bicyclic) bond motifs is 2. The van der Waals surface area contributed by atoms with E-state index in [1.807, 2.05) is 22.7 Å². The van der Waals surface area contributed by atoms with Crippen molar-refractivity contribution in [2.24, 2.45) is 5.92 Å². The second-order valence-electron chi connectivity index (χ2n) is 4.57. The van der Waals surface area contributed by atoms with Gasteiger partial charge in [-0.1, -0.05) is 24.3 Å². The molecule has 0 N–H and O–H groups in total. The maximum absolute atomic E-state index is 2.45. The number of rotatable bonds is 2. The molecule has 0 aromatic carbocycles. The third-order valence-corrected chi connectivity index (χ3v) is 7.71. The van der Waals surface area contributed by atoms with E-state index in [9.17, 15) is 0 Å². The Morgan fingerprint density at radius 2 is 1.71 bits per heavy atom. The van der Waals surface area contributed by atoms with E-state index in [1.165, 1.54) is 16.2 Å². The van der Waals surface area contributed by atoms with Crippen LogP contribution in [-0.2, 0) is 4.75 Å². The van der Waals surface area contributed by atoms with Gasteiger partial charge in [0.1, 0.15) is 0 Å². The van der Waals surface area contributed by atoms with Crippen molar-refractivity contribution >= 4 is 34.4 Å². The van der Waals surface area contributed by atoms with Crippen molar-refractivity contribution in [3.8, 4) is 0 Å². The van der Waals surface area contributed by atoms with Crippen molar-refractivity contribution in [2.45, 2.75) is 16.4 Å². The normalized spacial score (nSPS) is 28.9. The van der Waals surface area contributed by atoms with Gasteiger partial charge in [-0.05, 0) is 29.3 Å². The molecule has 1 saturated heterocycles. The van der Waals surface area contributed by atoms with Crippen LogP contribution in [-0.4, -0.2) is 5.25 Å². The highest BCUT2D eigenvalue weighted by Gasteiger charge is 2.52. The molecular weight excluding hydrogens is 264 g/mol. The fraction of sp³-hybridized carbons (Fsp3) is 0.286. The van der Waals surface area contributed by atoms with Gasteiger partial charge in [0.2, 0.25) is 0 Å². The highest BCUT2D eigenvalue weighted by Crippen LogP contribution is 2.63. The van der Waals surface area contributed by atoms with Crippen molar-refractivity contribution in [1.82, 2.24) is 0 Å². The van der Waals surface area contributed by atoms with E-state index in [0.29, 0.717) is 5.92 Å². The van der Waals surface area contributed by atoms with Crippen LogP contribution >= 0.6 is 34.4 Å². The fourth-order valence-electron chi connectivity index (χ4n) is 2.96. The minimum Gasteiger partial charge on any atom is -0.147 e. The van der Waals surface area contributed by atoms with Crippen LogP contribution in [0.5, 0.6) is 0 Å². The van der Waals surface area contributed by atoms with E-state index in [1.54, 1.807) is 0 Å². The largest absolute Gasteiger partial charge is 0.147 e. The fourth-order valence-corrected chi connectivity index (χ4v) is 7.07. The van der Waals surface area contributed by atoms with Gasteiger partial charge in [0.15, 0.2) is 0 Å². The molecule has 0 saturated carbocycles. The molecule has 86 valence electrons. The summed E-state index contributed by atoms with van der Waals surface area (Å²) in [7, 11) is 0. The first-order chi connectivity index (χ1) is 8.39. The molecule has 3 heteroatoms. The van der Waals surface area contributed by atoms with Gasteiger partial charge < -0.3 is 0 Å². The van der Waals surface area contributed by atoms with Gasteiger partial charge in [0, 0.05) is 20.9 Å². The monoisotopic (exact) mass is 276 g/mol. The molecule has 4 rings (SSSR count). The zero-order chi connectivity index (χ0) is 11.3. The van der Waals surface area contributed by atoms with Crippen molar-refractivity contribution in [3.05, 3.63) is 56.9 Å². The Balaban J connectivity index is 1.93. The van der Waals surface area contributed by atoms with E-state index in [-0.39, 0.29) is 4.75 Å². The average molecular weight is 276 g/mol. The topological polar surface area (TPSA) is 0 Å². The first-order valence-electron chi connectivity index (χ1n) is 5.84. The standard InChI is InChI=1S/C14H12S3/c1-3-12(15-7-1)14(13-4-2-8-16-13)10-5-6-11(9-10)17-14/h1-8,10-11H,9H2. The SMILES string of the molecule is C1=CC2CC1SC2(c1cccs1)c1cccs1. The lowest BCUT2D eigenvalue weighted by Crippen LogP contribution is -2.26. The predicted octanol–water partition coefficient (Wildman–Crippen LogP) is 4.74. The van der Waals surface area contributed by atoms with Gasteiger partial charge in [-0.3, -0.25) is 0 Å². The van der Waals surface area contributed by atoms with E-state index in [4.69, 9.17) is 0 Å². The lowest BCUT2D eigenvalue weighted by molar-refractivity contribution is 0.565. The summed E-state index contributed by atoms with van der Waals surface area (Å²) in [5.74, 6) is 0.690. The van der Waals surface area contributed by atoms with E-state index >= 15 is 0 Å². The summed E-state index contributed by atoms with van der Waals surface area (Å²) < 4.78 is 0.224. The van der Waals surface area contributed by atoms with Crippen LogP contribution < -0.4 is 0 Å². The van der Waals surface area contributed by atoms with Crippen LogP contribution in [0.3, 0.4) is 0 Å². The second kappa shape index (κ2) is 3.74. The quantitative estimate of drug-likeness (QED) is 0.714. The molecule has 2 unspecified atom stereocenters. The van der Waals surface area contributed by atoms with Crippen molar-refractivity contribution < 1.29 is 0 Å². The molecule has 2 atom stereocenters. The van der Waals surface area contributed by atoms with Crippen LogP contribution in [0.2, 0.25) is 0 Å². The summed E-state index contributed by atoms with van der Waals surface area (Å²) in [6.45, 7) is 0. The maximum atomic E-state index is 2.45. The lowest BCUT2D eigenvalue weighted by atomic mass is 9.88. The number of hydrogen-bond acceptors (Lipinski definition) is 3. The number of hydrogen-bond donors (Lipinski definition) is 0. The minimum absolute atomic E-state index is 0.224. The molecule has 0 spiro atoms. The molecule has 17 heavy (non-hydrogen) atoms. The molecule has 0 amide bonds. The molecule has 2 aromatic heterocycles. The molecule has 3 heterocycles. The average Bonchev–Trinajstić information content (AvgIpc) is 3.12. The summed E-state index contributed by atoms with van der Waals surface area (Å²) in [6.07, 6.45) is 6.16. The van der Waals surface area contributed by atoms with Crippen molar-refractivity contribution in [3.63, 3.8) is 0 Å². The van der Waals surface area contributed by atoms with E-state index in [2.05, 4.69) is 58.9 Å². The summed E-state index contributed by atoms with van der Waals surface area (Å²) >= 11 is 5.98. The maximum Gasteiger partial charge on any atom is 0.0910 e. The second-order valence-corrected chi connectivity index (χ2v) is 7.95. The van der Waals surface area contributed by atoms with Gasteiger partial charge >= 0.3 is 0 Å². The summed E-state index contributed by atoms with van der Waals surface area (Å²) in [6, 6.07) is 9.00. The highest BCUT2D eigenvalue weighted by atomic mass is 32.2. The Bertz CT molecular complexity index is 502. The molecule has 2 aliphatic rings. The van der Waals surface area contributed by atoms with Crippen molar-refractivity contribution in [2.75, 3.05) is 0 Å². The Kier molecular flexibility index (Phi) is 2.29. The summed E-state index contributed by atoms with van der Waals surface area (Å²) in [4.78, 5) is 3.06. The molecule has 2 bridgehead atoms. The molecular formula is C14H12S3. The third kappa shape index (κ3) is 1.36. The van der Waals surface area contributed by atoms with Crippen LogP contribution in [0.1, 0.15) is 16.2 Å². The molecule has 1 aliphatic carbocycles. The van der Waals surface area contributed by atoms with Gasteiger partial charge in [-0.2, -0.15) is 0 Å². The van der Waals surface area contributed by atoms with E-state index < -0.39 is 0 Å². The third-order valence-electron chi connectivity index (χ3n) is 3.68. The number of thioether (sulfide) groups is 1. The van der Waals surface area contributed by atoms with Crippen LogP contribution in [0.15, 0.2) is 47.2 Å². The predicted molar refractivity (Wildman–Crippen MR) is 78.0 cm³/mol. The molecule has 1 aliphatic heterocycles. The Hall–Kier alpha value is -0.510. The molecule has 0 nitrogen and oxygen atoms in total. The molecule has 0 radical (unpaired) electrons. The number of thiophene rings is 2. The minimum atomic E-state index is 0.224. The smallest absolute Gasteiger partial charge is 0.0910 e. The summed E-state index contributed by atoms with van der Waals surface area (Å²) in [5.41, 5.74) is 0. The van der Waals surface area contributed by atoms with Crippen LogP contribution in [0.4, 0.5) is 0 Å². The van der Waals surface area contributed by atoms with Crippen LogP contribution in [0, 0.1) is 5.92 Å². The number of allylic oxidation sites excluding steroid dienone is 1. The van der Waals surface area contributed by atoms with Gasteiger partial charge in [0.25, 0.3) is 0 Å². The highest BCUT2D eigenvalue weighted by molar-refractivity contribution is 8.01. The Labute approximate surface area is 113 Å². The van der Waals surface area contributed by atoms with Gasteiger partial charge in [-0.15, -0.1) is 34.4 Å². The first kappa shape index (κ1) is 10.4. The Morgan fingerprint density at radius 3 is 2.12 bits per heavy atom. The zero-order valence-corrected chi connectivity index (χ0v) is 11.7. The zero-order valence-electron chi connectivity index (χ0n) is 9.21. The lowest BCUT2D eigenvalue weighted by Gasteiger charge is -2.33. The van der Waals surface area contributed by atoms with Gasteiger partial charge in [0.05, 0.1) is 4.75 Å². The first-order valence-corrected chi connectivity index (χ1v) is 8.47. The molecule has 1 fully saturated rings. The Morgan fingerprint density at radius 1 is 1.00 bits per heavy atom. The van der Waals surface area contributed by atoms with Gasteiger partial charge in [-0.25, -0.2) is 0 Å².